The van der Waals surface area contributed by atoms with Crippen molar-refractivity contribution in [2.24, 2.45) is 11.8 Å². The van der Waals surface area contributed by atoms with Gasteiger partial charge >= 0.3 is 0 Å². The third-order valence-electron chi connectivity index (χ3n) is 3.60. The summed E-state index contributed by atoms with van der Waals surface area (Å²) in [6.45, 7) is 4.39. The number of allylic oxidation sites excluding steroid dienone is 4. The fourth-order valence-corrected chi connectivity index (χ4v) is 2.99. The molecule has 13 heavy (non-hydrogen) atoms. The Morgan fingerprint density at radius 2 is 1.77 bits per heavy atom. The number of thiol groups is 1. The topological polar surface area (TPSA) is 0 Å². The monoisotopic (exact) mass is 194 g/mol. The zero-order valence-electron chi connectivity index (χ0n) is 8.51. The maximum atomic E-state index is 4.37. The fraction of sp³-hybridized carbons (Fsp3) is 0.667. The van der Waals surface area contributed by atoms with Gasteiger partial charge in [0.05, 0.1) is 0 Å². The molecule has 0 radical (unpaired) electrons. The highest BCUT2D eigenvalue weighted by atomic mass is 32.1. The van der Waals surface area contributed by atoms with E-state index in [-0.39, 0.29) is 0 Å². The van der Waals surface area contributed by atoms with Crippen molar-refractivity contribution < 1.29 is 0 Å². The molecule has 0 N–H and O–H groups in total. The molecule has 0 amide bonds. The van der Waals surface area contributed by atoms with E-state index < -0.39 is 0 Å². The first-order chi connectivity index (χ1) is 6.18. The van der Waals surface area contributed by atoms with Crippen LogP contribution in [0.25, 0.3) is 0 Å². The third kappa shape index (κ3) is 1.71. The lowest BCUT2D eigenvalue weighted by atomic mass is 9.67. The zero-order chi connectivity index (χ0) is 9.42. The van der Waals surface area contributed by atoms with Crippen molar-refractivity contribution in [2.45, 2.75) is 39.5 Å². The van der Waals surface area contributed by atoms with E-state index in [1.54, 1.807) is 11.1 Å². The van der Waals surface area contributed by atoms with Gasteiger partial charge < -0.3 is 0 Å². The van der Waals surface area contributed by atoms with Gasteiger partial charge in [-0.2, -0.15) is 0 Å². The van der Waals surface area contributed by atoms with Crippen molar-refractivity contribution >= 4 is 12.6 Å². The second kappa shape index (κ2) is 3.53. The Hall–Kier alpha value is -0.170. The Morgan fingerprint density at radius 3 is 2.23 bits per heavy atom. The van der Waals surface area contributed by atoms with Crippen LogP contribution in [0.1, 0.15) is 39.5 Å². The summed E-state index contributed by atoms with van der Waals surface area (Å²) in [7, 11) is 0. The van der Waals surface area contributed by atoms with Crippen LogP contribution in [0.15, 0.2) is 22.1 Å². The quantitative estimate of drug-likeness (QED) is 0.600. The van der Waals surface area contributed by atoms with Gasteiger partial charge in [-0.15, -0.1) is 12.6 Å². The zero-order valence-corrected chi connectivity index (χ0v) is 9.40. The third-order valence-corrected chi connectivity index (χ3v) is 3.73. The summed E-state index contributed by atoms with van der Waals surface area (Å²) in [5.74, 6) is 1.75. The second-order valence-corrected chi connectivity index (χ2v) is 5.18. The summed E-state index contributed by atoms with van der Waals surface area (Å²) in [6.07, 6.45) is 7.97. The lowest BCUT2D eigenvalue weighted by molar-refractivity contribution is 0.300. The highest BCUT2D eigenvalue weighted by Crippen LogP contribution is 2.45. The average molecular weight is 194 g/mol. The molecule has 1 saturated carbocycles. The second-order valence-electron chi connectivity index (χ2n) is 4.47. The van der Waals surface area contributed by atoms with E-state index in [1.807, 2.05) is 0 Å². The smallest absolute Gasteiger partial charge is 0.0162 e. The Morgan fingerprint density at radius 1 is 1.23 bits per heavy atom. The molecule has 0 unspecified atom stereocenters. The summed E-state index contributed by atoms with van der Waals surface area (Å²) >= 11 is 4.37. The highest BCUT2D eigenvalue weighted by molar-refractivity contribution is 7.84. The van der Waals surface area contributed by atoms with Crippen LogP contribution >= 0.6 is 12.6 Å². The molecule has 0 heterocycles. The molecule has 0 aliphatic heterocycles. The minimum Gasteiger partial charge on any atom is -0.148 e. The largest absolute Gasteiger partial charge is 0.148 e. The van der Waals surface area contributed by atoms with Gasteiger partial charge in [-0.25, -0.2) is 0 Å². The molecule has 0 saturated heterocycles. The molecule has 2 bridgehead atoms. The minimum absolute atomic E-state index is 0.854. The summed E-state index contributed by atoms with van der Waals surface area (Å²) in [6, 6.07) is 0. The molecule has 1 fully saturated rings. The van der Waals surface area contributed by atoms with Crippen LogP contribution in [0, 0.1) is 11.8 Å². The SMILES string of the molecule is CC1=C(/C=C(/C)S)C2CCC1CC2. The normalized spacial score (nSPS) is 34.2. The molecule has 3 aliphatic rings. The van der Waals surface area contributed by atoms with E-state index in [0.29, 0.717) is 0 Å². The van der Waals surface area contributed by atoms with Gasteiger partial charge in [0.25, 0.3) is 0 Å². The van der Waals surface area contributed by atoms with Crippen LogP contribution in [0.3, 0.4) is 0 Å². The first-order valence-corrected chi connectivity index (χ1v) is 5.71. The molecule has 0 aromatic rings. The standard InChI is InChI=1S/C12H18S/c1-8(13)7-12-9(2)10-3-5-11(12)6-4-10/h7,10-11,13H,3-6H2,1-2H3/b8-7-. The predicted octanol–water partition coefficient (Wildman–Crippen LogP) is 3.96. The summed E-state index contributed by atoms with van der Waals surface area (Å²) in [5.41, 5.74) is 3.26. The molecule has 0 nitrogen and oxygen atoms in total. The molecule has 72 valence electrons. The molecule has 1 heteroatoms. The van der Waals surface area contributed by atoms with Crippen LogP contribution in [0.2, 0.25) is 0 Å². The van der Waals surface area contributed by atoms with Gasteiger partial charge in [0.15, 0.2) is 0 Å². The van der Waals surface area contributed by atoms with Crippen LogP contribution < -0.4 is 0 Å². The molecule has 0 aromatic heterocycles. The van der Waals surface area contributed by atoms with Gasteiger partial charge in [-0.05, 0) is 67.9 Å². The van der Waals surface area contributed by atoms with Gasteiger partial charge in [-0.1, -0.05) is 5.57 Å². The van der Waals surface area contributed by atoms with Crippen LogP contribution in [-0.2, 0) is 0 Å². The number of hydrogen-bond acceptors (Lipinski definition) is 1. The van der Waals surface area contributed by atoms with E-state index in [2.05, 4.69) is 32.6 Å². The maximum absolute atomic E-state index is 4.37. The lowest BCUT2D eigenvalue weighted by Crippen LogP contribution is -2.24. The molecule has 3 aliphatic carbocycles. The van der Waals surface area contributed by atoms with Crippen molar-refractivity contribution in [3.63, 3.8) is 0 Å². The van der Waals surface area contributed by atoms with Gasteiger partial charge in [-0.3, -0.25) is 0 Å². The minimum atomic E-state index is 0.854. The van der Waals surface area contributed by atoms with Crippen LogP contribution in [-0.4, -0.2) is 0 Å². The van der Waals surface area contributed by atoms with Crippen molar-refractivity contribution in [2.75, 3.05) is 0 Å². The first kappa shape index (κ1) is 9.39. The number of hydrogen-bond donors (Lipinski definition) is 1. The lowest BCUT2D eigenvalue weighted by Gasteiger charge is -2.38. The van der Waals surface area contributed by atoms with Crippen molar-refractivity contribution in [1.82, 2.24) is 0 Å². The van der Waals surface area contributed by atoms with Crippen molar-refractivity contribution in [3.8, 4) is 0 Å². The first-order valence-electron chi connectivity index (χ1n) is 5.26. The van der Waals surface area contributed by atoms with Gasteiger partial charge in [0.2, 0.25) is 0 Å². The Balaban J connectivity index is 2.34. The Kier molecular flexibility index (Phi) is 2.55. The molecule has 0 atom stereocenters. The summed E-state index contributed by atoms with van der Waals surface area (Å²) < 4.78 is 0. The number of rotatable bonds is 1. The average Bonchev–Trinajstić information content (AvgIpc) is 2.11. The number of fused-ring (bicyclic) bond motifs is 2. The molecule has 0 aromatic carbocycles. The van der Waals surface area contributed by atoms with Gasteiger partial charge in [0, 0.05) is 0 Å². The van der Waals surface area contributed by atoms with E-state index in [1.165, 1.54) is 25.7 Å². The predicted molar refractivity (Wildman–Crippen MR) is 60.9 cm³/mol. The van der Waals surface area contributed by atoms with E-state index >= 15 is 0 Å². The van der Waals surface area contributed by atoms with Crippen molar-refractivity contribution in [3.05, 3.63) is 22.1 Å². The van der Waals surface area contributed by atoms with Crippen LogP contribution in [0.5, 0.6) is 0 Å². The van der Waals surface area contributed by atoms with E-state index in [4.69, 9.17) is 0 Å². The molecular weight excluding hydrogens is 176 g/mol. The highest BCUT2D eigenvalue weighted by Gasteiger charge is 2.31. The maximum Gasteiger partial charge on any atom is -0.0162 e. The molecule has 0 spiro atoms. The molecule has 3 rings (SSSR count). The molecular formula is C12H18S. The summed E-state index contributed by atoms with van der Waals surface area (Å²) in [5, 5.41) is 0. The van der Waals surface area contributed by atoms with Gasteiger partial charge in [0.1, 0.15) is 0 Å². The van der Waals surface area contributed by atoms with Crippen LogP contribution in [0.4, 0.5) is 0 Å². The fourth-order valence-electron chi connectivity index (χ4n) is 2.85. The van der Waals surface area contributed by atoms with E-state index in [9.17, 15) is 0 Å². The Bertz CT molecular complexity index is 261. The Labute approximate surface area is 86.5 Å². The van der Waals surface area contributed by atoms with E-state index in [0.717, 1.165) is 16.7 Å². The van der Waals surface area contributed by atoms with Crippen molar-refractivity contribution in [1.29, 1.82) is 0 Å². The summed E-state index contributed by atoms with van der Waals surface area (Å²) in [4.78, 5) is 1.15.